The Kier molecular flexibility index (Phi) is 4.66. The minimum atomic E-state index is -0.652. The Labute approximate surface area is 129 Å². The van der Waals surface area contributed by atoms with Gasteiger partial charge < -0.3 is 4.57 Å². The summed E-state index contributed by atoms with van der Waals surface area (Å²) in [4.78, 5) is 10.5. The maximum atomic E-state index is 13.3. The largest absolute Gasteiger partial charge is 0.310 e. The number of nitro groups is 1. The summed E-state index contributed by atoms with van der Waals surface area (Å²) in [6.07, 6.45) is 0. The second kappa shape index (κ2) is 6.30. The molecule has 0 amide bonds. The smallest absolute Gasteiger partial charge is 0.283 e. The fraction of sp³-hybridized carbons (Fsp3) is 0.385. The Morgan fingerprint density at radius 3 is 2.71 bits per heavy atom. The molecule has 0 bridgehead atoms. The molecule has 8 heteroatoms. The summed E-state index contributed by atoms with van der Waals surface area (Å²) in [5.74, 6) is 0.723. The molecule has 0 radical (unpaired) electrons. The lowest BCUT2D eigenvalue weighted by Crippen LogP contribution is -2.10. The third kappa shape index (κ3) is 3.26. The van der Waals surface area contributed by atoms with Crippen molar-refractivity contribution in [3.8, 4) is 11.4 Å². The summed E-state index contributed by atoms with van der Waals surface area (Å²) in [5.41, 5.74) is -0.0460. The average Bonchev–Trinajstić information content (AvgIpc) is 2.80. The van der Waals surface area contributed by atoms with E-state index >= 15 is 0 Å². The number of alkyl halides is 1. The molecule has 0 spiro atoms. The molecule has 0 unspecified atom stereocenters. The van der Waals surface area contributed by atoms with E-state index in [9.17, 15) is 14.5 Å². The van der Waals surface area contributed by atoms with Crippen LogP contribution in [0.2, 0.25) is 0 Å². The van der Waals surface area contributed by atoms with Gasteiger partial charge in [-0.25, -0.2) is 4.39 Å². The first-order chi connectivity index (χ1) is 9.93. The van der Waals surface area contributed by atoms with Crippen LogP contribution in [0, 0.1) is 21.8 Å². The van der Waals surface area contributed by atoms with Crippen molar-refractivity contribution in [3.63, 3.8) is 0 Å². The molecule has 6 nitrogen and oxygen atoms in total. The highest BCUT2D eigenvalue weighted by Crippen LogP contribution is 2.30. The highest BCUT2D eigenvalue weighted by atomic mass is 79.9. The van der Waals surface area contributed by atoms with E-state index in [1.54, 1.807) is 0 Å². The number of rotatable bonds is 5. The van der Waals surface area contributed by atoms with Gasteiger partial charge in [-0.3, -0.25) is 10.1 Å². The number of hydrogen-bond acceptors (Lipinski definition) is 4. The Balaban J connectivity index is 2.62. The van der Waals surface area contributed by atoms with Crippen LogP contribution < -0.4 is 0 Å². The average molecular weight is 357 g/mol. The molecule has 2 aromatic rings. The van der Waals surface area contributed by atoms with E-state index in [-0.39, 0.29) is 11.3 Å². The highest BCUT2D eigenvalue weighted by molar-refractivity contribution is 9.08. The molecule has 0 aliphatic rings. The van der Waals surface area contributed by atoms with E-state index in [0.29, 0.717) is 29.4 Å². The number of nitro benzene ring substituents is 1. The minimum absolute atomic E-state index is 0.266. The third-order valence-electron chi connectivity index (χ3n) is 2.89. The van der Waals surface area contributed by atoms with Crippen molar-refractivity contribution in [2.24, 2.45) is 5.92 Å². The van der Waals surface area contributed by atoms with E-state index in [0.717, 1.165) is 6.07 Å². The second-order valence-electron chi connectivity index (χ2n) is 5.00. The fourth-order valence-corrected chi connectivity index (χ4v) is 2.45. The van der Waals surface area contributed by atoms with Gasteiger partial charge in [-0.2, -0.15) is 0 Å². The number of aromatic nitrogens is 3. The van der Waals surface area contributed by atoms with E-state index in [1.807, 2.05) is 18.4 Å². The van der Waals surface area contributed by atoms with Gasteiger partial charge in [0.1, 0.15) is 11.6 Å². The van der Waals surface area contributed by atoms with Gasteiger partial charge in [-0.1, -0.05) is 29.8 Å². The topological polar surface area (TPSA) is 73.8 Å². The first-order valence-electron chi connectivity index (χ1n) is 6.36. The Morgan fingerprint density at radius 1 is 1.43 bits per heavy atom. The SMILES string of the molecule is CC(C)Cn1c(CBr)nnc1-c1ccc(F)cc1[N+](=O)[O-]. The van der Waals surface area contributed by atoms with E-state index in [2.05, 4.69) is 26.1 Å². The normalized spacial score (nSPS) is 11.1. The summed E-state index contributed by atoms with van der Waals surface area (Å²) in [7, 11) is 0. The molecular weight excluding hydrogens is 343 g/mol. The predicted molar refractivity (Wildman–Crippen MR) is 79.5 cm³/mol. The van der Waals surface area contributed by atoms with Gasteiger partial charge in [0.05, 0.1) is 21.9 Å². The Bertz CT molecular complexity index is 672. The molecule has 0 saturated heterocycles. The molecular formula is C13H14BrFN4O2. The lowest BCUT2D eigenvalue weighted by Gasteiger charge is -2.12. The standard InChI is InChI=1S/C13H14BrFN4O2/c1-8(2)7-18-12(6-14)16-17-13(18)10-4-3-9(15)5-11(10)19(20)21/h3-5,8H,6-7H2,1-2H3. The van der Waals surface area contributed by atoms with Crippen molar-refractivity contribution in [1.29, 1.82) is 0 Å². The molecule has 1 heterocycles. The molecule has 0 aliphatic heterocycles. The van der Waals surface area contributed by atoms with Gasteiger partial charge in [0.25, 0.3) is 5.69 Å². The predicted octanol–water partition coefficient (Wildman–Crippen LogP) is 3.54. The summed E-state index contributed by atoms with van der Waals surface area (Å²) in [5, 5.41) is 19.7. The molecule has 1 aromatic carbocycles. The molecule has 1 aromatic heterocycles. The zero-order valence-corrected chi connectivity index (χ0v) is 13.2. The van der Waals surface area contributed by atoms with Gasteiger partial charge in [-0.05, 0) is 18.1 Å². The lowest BCUT2D eigenvalue weighted by molar-refractivity contribution is -0.384. The minimum Gasteiger partial charge on any atom is -0.310 e. The van der Waals surface area contributed by atoms with Gasteiger partial charge in [0, 0.05) is 6.54 Å². The zero-order valence-electron chi connectivity index (χ0n) is 11.6. The van der Waals surface area contributed by atoms with Crippen molar-refractivity contribution < 1.29 is 9.31 Å². The van der Waals surface area contributed by atoms with Gasteiger partial charge >= 0.3 is 0 Å². The zero-order chi connectivity index (χ0) is 15.6. The number of benzene rings is 1. The van der Waals surface area contributed by atoms with E-state index < -0.39 is 10.7 Å². The molecule has 21 heavy (non-hydrogen) atoms. The van der Waals surface area contributed by atoms with Gasteiger partial charge in [0.2, 0.25) is 0 Å². The molecule has 2 rings (SSSR count). The maximum Gasteiger partial charge on any atom is 0.283 e. The van der Waals surface area contributed by atoms with Crippen LogP contribution in [-0.2, 0) is 11.9 Å². The third-order valence-corrected chi connectivity index (χ3v) is 3.39. The van der Waals surface area contributed by atoms with Crippen LogP contribution in [-0.4, -0.2) is 19.7 Å². The van der Waals surface area contributed by atoms with Crippen LogP contribution in [0.3, 0.4) is 0 Å². The molecule has 112 valence electrons. The molecule has 0 fully saturated rings. The monoisotopic (exact) mass is 356 g/mol. The van der Waals surface area contributed by atoms with Crippen LogP contribution >= 0.6 is 15.9 Å². The van der Waals surface area contributed by atoms with Crippen LogP contribution in [0.1, 0.15) is 19.7 Å². The quantitative estimate of drug-likeness (QED) is 0.466. The van der Waals surface area contributed by atoms with Gasteiger partial charge in [0.15, 0.2) is 5.82 Å². The molecule has 0 N–H and O–H groups in total. The maximum absolute atomic E-state index is 13.3. The summed E-state index contributed by atoms with van der Waals surface area (Å²) < 4.78 is 15.1. The van der Waals surface area contributed by atoms with E-state index in [4.69, 9.17) is 0 Å². The van der Waals surface area contributed by atoms with Gasteiger partial charge in [-0.15, -0.1) is 10.2 Å². The fourth-order valence-electron chi connectivity index (χ4n) is 2.04. The number of halogens is 2. The lowest BCUT2D eigenvalue weighted by atomic mass is 10.1. The van der Waals surface area contributed by atoms with Crippen LogP contribution in [0.25, 0.3) is 11.4 Å². The van der Waals surface area contributed by atoms with Crippen molar-refractivity contribution in [3.05, 3.63) is 40.0 Å². The molecule has 0 atom stereocenters. The summed E-state index contributed by atoms with van der Waals surface area (Å²) in [6, 6.07) is 3.45. The van der Waals surface area contributed by atoms with Crippen molar-refractivity contribution in [2.75, 3.05) is 0 Å². The molecule has 0 aliphatic carbocycles. The first kappa shape index (κ1) is 15.6. The van der Waals surface area contributed by atoms with Crippen LogP contribution in [0.15, 0.2) is 18.2 Å². The number of nitrogens with zero attached hydrogens (tertiary/aromatic N) is 4. The van der Waals surface area contributed by atoms with Crippen LogP contribution in [0.4, 0.5) is 10.1 Å². The summed E-state index contributed by atoms with van der Waals surface area (Å²) in [6.45, 7) is 4.68. The van der Waals surface area contributed by atoms with Crippen molar-refractivity contribution >= 4 is 21.6 Å². The van der Waals surface area contributed by atoms with Crippen molar-refractivity contribution in [2.45, 2.75) is 25.7 Å². The highest BCUT2D eigenvalue weighted by Gasteiger charge is 2.23. The Hall–Kier alpha value is -1.83. The van der Waals surface area contributed by atoms with Crippen LogP contribution in [0.5, 0.6) is 0 Å². The first-order valence-corrected chi connectivity index (χ1v) is 7.48. The van der Waals surface area contributed by atoms with Crippen molar-refractivity contribution in [1.82, 2.24) is 14.8 Å². The second-order valence-corrected chi connectivity index (χ2v) is 5.56. The number of hydrogen-bond donors (Lipinski definition) is 0. The van der Waals surface area contributed by atoms with E-state index in [1.165, 1.54) is 12.1 Å². The summed E-state index contributed by atoms with van der Waals surface area (Å²) >= 11 is 3.33. The molecule has 0 saturated carbocycles. The Morgan fingerprint density at radius 2 is 2.14 bits per heavy atom.